The predicted octanol–water partition coefficient (Wildman–Crippen LogP) is 2.68. The van der Waals surface area contributed by atoms with E-state index in [0.717, 1.165) is 5.56 Å². The monoisotopic (exact) mass is 258 g/mol. The van der Waals surface area contributed by atoms with Crippen molar-refractivity contribution in [2.75, 3.05) is 0 Å². The maximum atomic E-state index is 13.1. The van der Waals surface area contributed by atoms with Crippen LogP contribution in [0.2, 0.25) is 0 Å². The Balaban J connectivity index is 2.15. The Labute approximate surface area is 100 Å². The second-order valence-electron chi connectivity index (χ2n) is 4.54. The normalized spacial score (nSPS) is 29.6. The van der Waals surface area contributed by atoms with Crippen LogP contribution in [0, 0.1) is 6.92 Å². The van der Waals surface area contributed by atoms with Crippen LogP contribution >= 0.6 is 0 Å². The van der Waals surface area contributed by atoms with Gasteiger partial charge in [0.2, 0.25) is 0 Å². The molecule has 0 bridgehead atoms. The average Bonchev–Trinajstić information content (AvgIpc) is 2.68. The van der Waals surface area contributed by atoms with Crippen LogP contribution in [-0.2, 0) is 9.53 Å². The van der Waals surface area contributed by atoms with E-state index in [1.165, 1.54) is 6.07 Å². The highest BCUT2D eigenvalue weighted by molar-refractivity contribution is 5.75. The number of esters is 1. The molecule has 1 fully saturated rings. The van der Waals surface area contributed by atoms with Crippen LogP contribution in [0.25, 0.3) is 0 Å². The van der Waals surface area contributed by atoms with Crippen molar-refractivity contribution in [3.8, 4) is 5.75 Å². The Bertz CT molecular complexity index is 538. The van der Waals surface area contributed by atoms with Crippen molar-refractivity contribution in [1.82, 2.24) is 0 Å². The third-order valence-electron chi connectivity index (χ3n) is 3.30. The van der Waals surface area contributed by atoms with E-state index in [0.29, 0.717) is 5.56 Å². The molecule has 3 nitrogen and oxygen atoms in total. The Morgan fingerprint density at radius 1 is 1.33 bits per heavy atom. The highest BCUT2D eigenvalue weighted by Crippen LogP contribution is 2.57. The van der Waals surface area contributed by atoms with Gasteiger partial charge < -0.3 is 9.47 Å². The molecule has 1 aromatic rings. The van der Waals surface area contributed by atoms with Crippen LogP contribution in [-0.4, -0.2) is 17.9 Å². The zero-order valence-corrected chi connectivity index (χ0v) is 9.38. The summed E-state index contributed by atoms with van der Waals surface area (Å²) in [6.45, 7) is 1.75. The first-order chi connectivity index (χ1) is 8.33. The summed E-state index contributed by atoms with van der Waals surface area (Å²) in [5.74, 6) is -4.69. The number of benzene rings is 1. The minimum atomic E-state index is -4.75. The van der Waals surface area contributed by atoms with E-state index in [2.05, 4.69) is 4.74 Å². The van der Waals surface area contributed by atoms with E-state index in [9.17, 15) is 18.0 Å². The fourth-order valence-corrected chi connectivity index (χ4v) is 2.48. The number of halogens is 3. The zero-order valence-electron chi connectivity index (χ0n) is 9.38. The van der Waals surface area contributed by atoms with Gasteiger partial charge in [-0.2, -0.15) is 13.2 Å². The van der Waals surface area contributed by atoms with E-state index >= 15 is 0 Å². The number of alkyl halides is 3. The third kappa shape index (κ3) is 1.28. The van der Waals surface area contributed by atoms with Crippen molar-refractivity contribution in [2.45, 2.75) is 31.2 Å². The molecule has 3 rings (SSSR count). The highest BCUT2D eigenvalue weighted by Gasteiger charge is 2.72. The molecular weight excluding hydrogens is 249 g/mol. The summed E-state index contributed by atoms with van der Waals surface area (Å²) >= 11 is 0. The molecule has 2 atom stereocenters. The van der Waals surface area contributed by atoms with E-state index in [4.69, 9.17) is 4.74 Å². The summed E-state index contributed by atoms with van der Waals surface area (Å²) < 4.78 is 48.9. The molecule has 18 heavy (non-hydrogen) atoms. The first-order valence-electron chi connectivity index (χ1n) is 5.41. The number of aryl methyl sites for hydroxylation is 1. The molecule has 96 valence electrons. The number of hydrogen-bond donors (Lipinski definition) is 0. The van der Waals surface area contributed by atoms with Gasteiger partial charge in [-0.3, -0.25) is 4.79 Å². The quantitative estimate of drug-likeness (QED) is 0.671. The van der Waals surface area contributed by atoms with Gasteiger partial charge in [-0.25, -0.2) is 0 Å². The van der Waals surface area contributed by atoms with E-state index < -0.39 is 23.9 Å². The number of fused-ring (bicyclic) bond motifs is 3. The van der Waals surface area contributed by atoms with E-state index in [1.807, 2.05) is 0 Å². The van der Waals surface area contributed by atoms with Crippen LogP contribution < -0.4 is 4.74 Å². The molecule has 2 aliphatic heterocycles. The van der Waals surface area contributed by atoms with Gasteiger partial charge >= 0.3 is 17.9 Å². The fraction of sp³-hybridized carbons (Fsp3) is 0.417. The summed E-state index contributed by atoms with van der Waals surface area (Å²) in [5.41, 5.74) is 1.17. The summed E-state index contributed by atoms with van der Waals surface area (Å²) in [4.78, 5) is 11.2. The molecule has 0 amide bonds. The topological polar surface area (TPSA) is 35.5 Å². The summed E-state index contributed by atoms with van der Waals surface area (Å²) in [5, 5.41) is 0. The van der Waals surface area contributed by atoms with Gasteiger partial charge in [0.15, 0.2) is 0 Å². The van der Waals surface area contributed by atoms with Gasteiger partial charge in [0.25, 0.3) is 0 Å². The Morgan fingerprint density at radius 2 is 2.06 bits per heavy atom. The van der Waals surface area contributed by atoms with Gasteiger partial charge in [0.1, 0.15) is 5.75 Å². The molecule has 6 heteroatoms. The zero-order chi connectivity index (χ0) is 13.1. The summed E-state index contributed by atoms with van der Waals surface area (Å²) in [7, 11) is 0. The van der Waals surface area contributed by atoms with Crippen molar-refractivity contribution in [3.05, 3.63) is 29.3 Å². The first-order valence-corrected chi connectivity index (χ1v) is 5.41. The van der Waals surface area contributed by atoms with Crippen LogP contribution in [0.5, 0.6) is 5.75 Å². The van der Waals surface area contributed by atoms with Crippen molar-refractivity contribution in [2.24, 2.45) is 0 Å². The molecule has 2 aliphatic rings. The summed E-state index contributed by atoms with van der Waals surface area (Å²) in [6, 6.07) is 4.78. The smallest absolute Gasteiger partial charge is 0.444 e. The maximum absolute atomic E-state index is 13.1. The fourth-order valence-electron chi connectivity index (χ4n) is 2.48. The van der Waals surface area contributed by atoms with Gasteiger partial charge in [-0.1, -0.05) is 12.1 Å². The molecule has 0 spiro atoms. The van der Waals surface area contributed by atoms with Crippen LogP contribution in [0.15, 0.2) is 18.2 Å². The lowest BCUT2D eigenvalue weighted by atomic mass is 9.91. The molecule has 2 heterocycles. The van der Waals surface area contributed by atoms with Gasteiger partial charge in [0, 0.05) is 5.56 Å². The largest absolute Gasteiger partial charge is 0.468 e. The number of ether oxygens (including phenoxy) is 2. The highest BCUT2D eigenvalue weighted by atomic mass is 19.4. The lowest BCUT2D eigenvalue weighted by Gasteiger charge is -2.28. The molecule has 1 saturated heterocycles. The average molecular weight is 258 g/mol. The molecule has 0 saturated carbocycles. The summed E-state index contributed by atoms with van der Waals surface area (Å²) in [6.07, 6.45) is -5.06. The number of carbonyl (C=O) groups is 1. The number of hydrogen-bond acceptors (Lipinski definition) is 3. The molecule has 0 aromatic heterocycles. The Hall–Kier alpha value is -1.72. The van der Waals surface area contributed by atoms with Crippen LogP contribution in [0.1, 0.15) is 23.5 Å². The maximum Gasteiger partial charge on any atom is 0.468 e. The standard InChI is InChI=1S/C12H9F3O3/c1-6-2-3-7-8-5-10(16)18-11(8,12(13,14)15)17-9(7)4-6/h2-4,8H,5H2,1H3/t8-,11+/m0/s1. The van der Waals surface area contributed by atoms with Crippen LogP contribution in [0.3, 0.4) is 0 Å². The molecule has 1 aromatic carbocycles. The SMILES string of the molecule is Cc1ccc2c(c1)O[C@@]1(C(F)(F)F)OC(=O)C[C@@H]21. The minimum Gasteiger partial charge on any atom is -0.444 e. The predicted molar refractivity (Wildman–Crippen MR) is 54.0 cm³/mol. The number of rotatable bonds is 0. The van der Waals surface area contributed by atoms with Crippen molar-refractivity contribution in [3.63, 3.8) is 0 Å². The second-order valence-corrected chi connectivity index (χ2v) is 4.54. The second kappa shape index (κ2) is 3.18. The van der Waals surface area contributed by atoms with E-state index in [1.54, 1.807) is 19.1 Å². The molecular formula is C12H9F3O3. The lowest BCUT2D eigenvalue weighted by molar-refractivity contribution is -0.327. The molecule has 0 N–H and O–H groups in total. The molecule has 0 aliphatic carbocycles. The number of carbonyl (C=O) groups excluding carboxylic acids is 1. The lowest BCUT2D eigenvalue weighted by Crippen LogP contribution is -2.51. The Kier molecular flexibility index (Phi) is 2.01. The molecule has 0 unspecified atom stereocenters. The molecule has 0 radical (unpaired) electrons. The minimum absolute atomic E-state index is 0.143. The van der Waals surface area contributed by atoms with Crippen molar-refractivity contribution < 1.29 is 27.4 Å². The Morgan fingerprint density at radius 3 is 2.72 bits per heavy atom. The van der Waals surface area contributed by atoms with Gasteiger partial charge in [0.05, 0.1) is 12.3 Å². The van der Waals surface area contributed by atoms with Gasteiger partial charge in [-0.05, 0) is 18.6 Å². The third-order valence-corrected chi connectivity index (χ3v) is 3.30. The van der Waals surface area contributed by atoms with Crippen molar-refractivity contribution in [1.29, 1.82) is 0 Å². The van der Waals surface area contributed by atoms with Crippen molar-refractivity contribution >= 4 is 5.97 Å². The first kappa shape index (κ1) is 11.4. The van der Waals surface area contributed by atoms with E-state index in [-0.39, 0.29) is 12.2 Å². The van der Waals surface area contributed by atoms with Crippen LogP contribution in [0.4, 0.5) is 13.2 Å². The van der Waals surface area contributed by atoms with Gasteiger partial charge in [-0.15, -0.1) is 0 Å².